The minimum atomic E-state index is -4.83. The molecule has 0 saturated heterocycles. The second-order valence-electron chi connectivity index (χ2n) is 6.16. The molecule has 2 aromatic rings. The number of hydrogen-bond donors (Lipinski definition) is 0. The quantitative estimate of drug-likeness (QED) is 0.616. The first-order valence-corrected chi connectivity index (χ1v) is 8.37. The lowest BCUT2D eigenvalue weighted by atomic mass is 10.1. The van der Waals surface area contributed by atoms with Crippen molar-refractivity contribution in [3.8, 4) is 23.0 Å². The van der Waals surface area contributed by atoms with E-state index in [-0.39, 0.29) is 28.7 Å². The number of methoxy groups -OCH3 is 1. The van der Waals surface area contributed by atoms with Gasteiger partial charge in [0.05, 0.1) is 12.7 Å². The summed E-state index contributed by atoms with van der Waals surface area (Å²) in [5, 5.41) is -0.760. The average molecular weight is 402 g/mol. The van der Waals surface area contributed by atoms with E-state index in [2.05, 4.69) is 16.6 Å². The molecular weight excluding hydrogens is 387 g/mol. The lowest BCUT2D eigenvalue weighted by Crippen LogP contribution is -2.17. The molecule has 1 aromatic heterocycles. The van der Waals surface area contributed by atoms with Crippen LogP contribution in [0.3, 0.4) is 0 Å². The molecule has 0 aliphatic heterocycles. The van der Waals surface area contributed by atoms with E-state index >= 15 is 0 Å². The molecule has 0 N–H and O–H groups in total. The lowest BCUT2D eigenvalue weighted by molar-refractivity contribution is -0.274. The van der Waals surface area contributed by atoms with Gasteiger partial charge in [-0.3, -0.25) is 9.78 Å². The summed E-state index contributed by atoms with van der Waals surface area (Å²) >= 11 is 5.59. The summed E-state index contributed by atoms with van der Waals surface area (Å²) in [6.45, 7) is 2.08. The van der Waals surface area contributed by atoms with Crippen LogP contribution >= 0.6 is 11.6 Å². The maximum atomic E-state index is 12.4. The monoisotopic (exact) mass is 401 g/mol. The van der Waals surface area contributed by atoms with Gasteiger partial charge in [0.15, 0.2) is 11.5 Å². The molecule has 0 unspecified atom stereocenters. The summed E-state index contributed by atoms with van der Waals surface area (Å²) in [4.78, 5) is 15.9. The Kier molecular flexibility index (Phi) is 5.19. The topological polar surface area (TPSA) is 57.6 Å². The number of pyridine rings is 1. The van der Waals surface area contributed by atoms with Crippen LogP contribution in [0.2, 0.25) is 0 Å². The third kappa shape index (κ3) is 4.63. The molecule has 9 heteroatoms. The average Bonchev–Trinajstić information content (AvgIpc) is 3.31. The standard InChI is InChI=1S/C18H15ClF3NO4/c1-9-5-11(9)13-7-15(12(8-23-13)17(19)24)26-14-4-3-10(6-16(14)25-2)27-18(20,21)22/h3-4,6-9,11H,5H2,1-2H3/t9-,11-/m1/s1. The van der Waals surface area contributed by atoms with Gasteiger partial charge in [0.2, 0.25) is 0 Å². The van der Waals surface area contributed by atoms with Gasteiger partial charge in [0, 0.05) is 29.9 Å². The van der Waals surface area contributed by atoms with Crippen LogP contribution in [-0.4, -0.2) is 23.7 Å². The predicted molar refractivity (Wildman–Crippen MR) is 90.7 cm³/mol. The third-order valence-corrected chi connectivity index (χ3v) is 4.38. The van der Waals surface area contributed by atoms with Gasteiger partial charge in [-0.1, -0.05) is 6.92 Å². The van der Waals surface area contributed by atoms with Gasteiger partial charge in [-0.05, 0) is 36.1 Å². The molecule has 3 rings (SSSR count). The molecule has 144 valence electrons. The number of aromatic nitrogens is 1. The number of nitrogens with zero attached hydrogens (tertiary/aromatic N) is 1. The van der Waals surface area contributed by atoms with Gasteiger partial charge in [-0.2, -0.15) is 0 Å². The Balaban J connectivity index is 1.92. The molecule has 1 aromatic carbocycles. The fourth-order valence-electron chi connectivity index (χ4n) is 2.67. The van der Waals surface area contributed by atoms with Crippen LogP contribution in [0.25, 0.3) is 0 Å². The predicted octanol–water partition coefficient (Wildman–Crippen LogP) is 5.28. The fourth-order valence-corrected chi connectivity index (χ4v) is 2.81. The van der Waals surface area contributed by atoms with Crippen molar-refractivity contribution in [2.24, 2.45) is 5.92 Å². The zero-order valence-electron chi connectivity index (χ0n) is 14.3. The Morgan fingerprint density at radius 2 is 1.93 bits per heavy atom. The van der Waals surface area contributed by atoms with Crippen molar-refractivity contribution >= 4 is 16.8 Å². The summed E-state index contributed by atoms with van der Waals surface area (Å²) in [7, 11) is 1.27. The number of rotatable bonds is 6. The minimum absolute atomic E-state index is 0.00266. The molecule has 2 atom stereocenters. The Bertz CT molecular complexity index is 872. The number of benzene rings is 1. The van der Waals surface area contributed by atoms with Gasteiger partial charge in [0.1, 0.15) is 11.5 Å². The number of halogens is 4. The summed E-state index contributed by atoms with van der Waals surface area (Å²) in [5.41, 5.74) is 0.807. The normalized spacial score (nSPS) is 18.7. The molecule has 0 bridgehead atoms. The van der Waals surface area contributed by atoms with Crippen LogP contribution in [0.5, 0.6) is 23.0 Å². The summed E-state index contributed by atoms with van der Waals surface area (Å²) in [5.74, 6) is 0.562. The van der Waals surface area contributed by atoms with E-state index in [1.54, 1.807) is 6.07 Å². The van der Waals surface area contributed by atoms with Gasteiger partial charge in [-0.15, -0.1) is 13.2 Å². The highest BCUT2D eigenvalue weighted by Crippen LogP contribution is 2.47. The minimum Gasteiger partial charge on any atom is -0.493 e. The summed E-state index contributed by atoms with van der Waals surface area (Å²) < 4.78 is 51.8. The summed E-state index contributed by atoms with van der Waals surface area (Å²) in [6, 6.07) is 4.99. The van der Waals surface area contributed by atoms with Gasteiger partial charge in [0.25, 0.3) is 5.24 Å². The molecule has 0 radical (unpaired) electrons. The molecule has 1 saturated carbocycles. The SMILES string of the molecule is COc1cc(OC(F)(F)F)ccc1Oc1cc([C@@H]2C[C@H]2C)ncc1C(=O)Cl. The first kappa shape index (κ1) is 19.3. The highest BCUT2D eigenvalue weighted by molar-refractivity contribution is 6.68. The fraction of sp³-hybridized carbons (Fsp3) is 0.333. The Morgan fingerprint density at radius 3 is 2.48 bits per heavy atom. The van der Waals surface area contributed by atoms with Crippen molar-refractivity contribution in [3.05, 3.63) is 41.7 Å². The molecule has 1 aliphatic carbocycles. The first-order chi connectivity index (χ1) is 12.7. The van der Waals surface area contributed by atoms with Crippen molar-refractivity contribution < 1.29 is 32.2 Å². The zero-order chi connectivity index (χ0) is 19.8. The van der Waals surface area contributed by atoms with E-state index in [1.165, 1.54) is 19.4 Å². The molecular formula is C18H15ClF3NO4. The molecule has 1 aliphatic rings. The van der Waals surface area contributed by atoms with Crippen molar-refractivity contribution in [2.75, 3.05) is 7.11 Å². The van der Waals surface area contributed by atoms with E-state index in [4.69, 9.17) is 21.1 Å². The number of alkyl halides is 3. The van der Waals surface area contributed by atoms with E-state index in [9.17, 15) is 18.0 Å². The van der Waals surface area contributed by atoms with E-state index in [1.807, 2.05) is 0 Å². The van der Waals surface area contributed by atoms with Crippen molar-refractivity contribution in [2.45, 2.75) is 25.6 Å². The molecule has 0 amide bonds. The largest absolute Gasteiger partial charge is 0.573 e. The molecule has 5 nitrogen and oxygen atoms in total. The van der Waals surface area contributed by atoms with Crippen LogP contribution in [0.15, 0.2) is 30.5 Å². The zero-order valence-corrected chi connectivity index (χ0v) is 15.1. The smallest absolute Gasteiger partial charge is 0.493 e. The third-order valence-electron chi connectivity index (χ3n) is 4.18. The van der Waals surface area contributed by atoms with E-state index in [0.717, 1.165) is 24.2 Å². The van der Waals surface area contributed by atoms with Crippen molar-refractivity contribution in [1.29, 1.82) is 0 Å². The Labute approximate surface area is 158 Å². The molecule has 1 fully saturated rings. The van der Waals surface area contributed by atoms with Crippen LogP contribution in [0.4, 0.5) is 13.2 Å². The second kappa shape index (κ2) is 7.26. The number of carbonyl (C=O) groups excluding carboxylic acids is 1. The van der Waals surface area contributed by atoms with Crippen LogP contribution < -0.4 is 14.2 Å². The first-order valence-electron chi connectivity index (χ1n) is 7.99. The number of hydrogen-bond acceptors (Lipinski definition) is 5. The van der Waals surface area contributed by atoms with Gasteiger partial charge in [-0.25, -0.2) is 0 Å². The maximum Gasteiger partial charge on any atom is 0.573 e. The highest BCUT2D eigenvalue weighted by atomic mass is 35.5. The number of carbonyl (C=O) groups is 1. The highest BCUT2D eigenvalue weighted by Gasteiger charge is 2.36. The lowest BCUT2D eigenvalue weighted by Gasteiger charge is -2.15. The van der Waals surface area contributed by atoms with E-state index in [0.29, 0.717) is 5.92 Å². The van der Waals surface area contributed by atoms with Crippen LogP contribution in [-0.2, 0) is 0 Å². The van der Waals surface area contributed by atoms with Crippen molar-refractivity contribution in [1.82, 2.24) is 4.98 Å². The van der Waals surface area contributed by atoms with Gasteiger partial charge < -0.3 is 14.2 Å². The van der Waals surface area contributed by atoms with Gasteiger partial charge >= 0.3 is 6.36 Å². The van der Waals surface area contributed by atoms with Crippen LogP contribution in [0.1, 0.15) is 35.3 Å². The molecule has 1 heterocycles. The Hall–Kier alpha value is -2.48. The van der Waals surface area contributed by atoms with Crippen molar-refractivity contribution in [3.63, 3.8) is 0 Å². The Morgan fingerprint density at radius 1 is 1.22 bits per heavy atom. The van der Waals surface area contributed by atoms with Crippen LogP contribution in [0, 0.1) is 5.92 Å². The summed E-state index contributed by atoms with van der Waals surface area (Å²) in [6.07, 6.45) is -2.52. The second-order valence-corrected chi connectivity index (χ2v) is 6.50. The maximum absolute atomic E-state index is 12.4. The molecule has 0 spiro atoms. The van der Waals surface area contributed by atoms with E-state index < -0.39 is 17.4 Å². The number of ether oxygens (including phenoxy) is 3. The molecule has 27 heavy (non-hydrogen) atoms.